The average Bonchev–Trinajstić information content (AvgIpc) is 3.35. The van der Waals surface area contributed by atoms with Crippen LogP contribution in [-0.2, 0) is 4.74 Å². The van der Waals surface area contributed by atoms with Crippen LogP contribution < -0.4 is 10.2 Å². The average molecular weight is 406 g/mol. The minimum Gasteiger partial charge on any atom is -0.447 e. The third-order valence-corrected chi connectivity index (χ3v) is 4.75. The monoisotopic (exact) mass is 406 g/mol. The Morgan fingerprint density at radius 2 is 2.07 bits per heavy atom. The van der Waals surface area contributed by atoms with E-state index in [0.717, 1.165) is 17.0 Å². The number of nitrogens with zero attached hydrogens (tertiary/aromatic N) is 7. The van der Waals surface area contributed by atoms with Crippen LogP contribution in [0, 0.1) is 6.92 Å². The van der Waals surface area contributed by atoms with Gasteiger partial charge in [-0.3, -0.25) is 4.98 Å². The minimum absolute atomic E-state index is 0.176. The number of carbonyl (C=O) groups is 1. The van der Waals surface area contributed by atoms with E-state index in [9.17, 15) is 4.79 Å². The molecule has 4 heterocycles. The number of rotatable bonds is 6. The lowest BCUT2D eigenvalue weighted by atomic mass is 10.1. The largest absolute Gasteiger partial charge is 0.447 e. The van der Waals surface area contributed by atoms with Crippen molar-refractivity contribution >= 4 is 18.0 Å². The van der Waals surface area contributed by atoms with Gasteiger partial charge in [0.05, 0.1) is 24.1 Å². The maximum atomic E-state index is 12.2. The molecule has 1 aliphatic heterocycles. The van der Waals surface area contributed by atoms with Crippen molar-refractivity contribution in [3.8, 4) is 5.69 Å². The fraction of sp³-hybridized carbons (Fsp3) is 0.300. The van der Waals surface area contributed by atoms with Gasteiger partial charge in [0.1, 0.15) is 12.4 Å². The van der Waals surface area contributed by atoms with Gasteiger partial charge in [-0.1, -0.05) is 12.2 Å². The SMILES string of the molecule is C=C(C)[C@H]1COC(=O)N1c1nc(C)nc(N[C@@H](C)c2cn(-c3ccncc3)cn2)n1. The Morgan fingerprint density at radius 1 is 1.30 bits per heavy atom. The normalized spacial score (nSPS) is 17.0. The Hall–Kier alpha value is -3.82. The quantitative estimate of drug-likeness (QED) is 0.622. The van der Waals surface area contributed by atoms with Crippen molar-refractivity contribution in [3.63, 3.8) is 0 Å². The highest BCUT2D eigenvalue weighted by Gasteiger charge is 2.37. The third kappa shape index (κ3) is 3.84. The molecule has 30 heavy (non-hydrogen) atoms. The Bertz CT molecular complexity index is 1080. The molecule has 10 heteroatoms. The van der Waals surface area contributed by atoms with E-state index in [0.29, 0.717) is 11.8 Å². The molecule has 0 bridgehead atoms. The second-order valence-corrected chi connectivity index (χ2v) is 7.09. The third-order valence-electron chi connectivity index (χ3n) is 4.75. The van der Waals surface area contributed by atoms with E-state index in [1.165, 1.54) is 4.90 Å². The van der Waals surface area contributed by atoms with Gasteiger partial charge in [0.2, 0.25) is 11.9 Å². The van der Waals surface area contributed by atoms with Gasteiger partial charge in [-0.25, -0.2) is 14.7 Å². The van der Waals surface area contributed by atoms with Gasteiger partial charge >= 0.3 is 6.09 Å². The van der Waals surface area contributed by atoms with Gasteiger partial charge < -0.3 is 14.6 Å². The fourth-order valence-corrected chi connectivity index (χ4v) is 3.13. The van der Waals surface area contributed by atoms with Crippen LogP contribution in [0.3, 0.4) is 0 Å². The summed E-state index contributed by atoms with van der Waals surface area (Å²) in [6.07, 6.45) is 6.63. The van der Waals surface area contributed by atoms with Crippen LogP contribution in [-0.4, -0.2) is 48.2 Å². The van der Waals surface area contributed by atoms with Crippen LogP contribution in [0.15, 0.2) is 49.2 Å². The summed E-state index contributed by atoms with van der Waals surface area (Å²) < 4.78 is 7.07. The predicted octanol–water partition coefficient (Wildman–Crippen LogP) is 2.84. The zero-order valence-corrected chi connectivity index (χ0v) is 17.0. The Labute approximate surface area is 173 Å². The lowest BCUT2D eigenvalue weighted by Crippen LogP contribution is -2.36. The zero-order valence-electron chi connectivity index (χ0n) is 17.0. The van der Waals surface area contributed by atoms with E-state index in [-0.39, 0.29) is 24.6 Å². The number of nitrogens with one attached hydrogen (secondary N) is 1. The van der Waals surface area contributed by atoms with E-state index in [1.807, 2.05) is 36.7 Å². The van der Waals surface area contributed by atoms with Gasteiger partial charge in [0.25, 0.3) is 0 Å². The molecule has 1 N–H and O–H groups in total. The zero-order chi connectivity index (χ0) is 21.3. The molecule has 0 aliphatic carbocycles. The second kappa shape index (κ2) is 7.90. The van der Waals surface area contributed by atoms with Gasteiger partial charge in [0.15, 0.2) is 0 Å². The second-order valence-electron chi connectivity index (χ2n) is 7.09. The van der Waals surface area contributed by atoms with Crippen LogP contribution in [0.25, 0.3) is 5.69 Å². The van der Waals surface area contributed by atoms with E-state index >= 15 is 0 Å². The summed E-state index contributed by atoms with van der Waals surface area (Å²) in [6, 6.07) is 3.32. The van der Waals surface area contributed by atoms with Gasteiger partial charge in [-0.2, -0.15) is 15.0 Å². The van der Waals surface area contributed by atoms with Crippen molar-refractivity contribution in [2.24, 2.45) is 0 Å². The summed E-state index contributed by atoms with van der Waals surface area (Å²) in [5.74, 6) is 1.07. The summed E-state index contributed by atoms with van der Waals surface area (Å²) in [7, 11) is 0. The lowest BCUT2D eigenvalue weighted by Gasteiger charge is -2.20. The molecule has 1 saturated heterocycles. The Balaban J connectivity index is 1.56. The molecule has 0 saturated carbocycles. The van der Waals surface area contributed by atoms with Crippen LogP contribution in [0.1, 0.15) is 31.4 Å². The van der Waals surface area contributed by atoms with E-state index < -0.39 is 6.09 Å². The number of hydrogen-bond acceptors (Lipinski definition) is 8. The fourth-order valence-electron chi connectivity index (χ4n) is 3.13. The number of ether oxygens (including phenoxy) is 1. The number of aromatic nitrogens is 6. The molecule has 1 amide bonds. The molecule has 1 aliphatic rings. The van der Waals surface area contributed by atoms with Gasteiger partial charge in [0, 0.05) is 24.3 Å². The molecule has 154 valence electrons. The molecule has 0 unspecified atom stereocenters. The van der Waals surface area contributed by atoms with E-state index in [4.69, 9.17) is 4.74 Å². The van der Waals surface area contributed by atoms with Crippen LogP contribution in [0.2, 0.25) is 0 Å². The molecular weight excluding hydrogens is 384 g/mol. The van der Waals surface area contributed by atoms with Gasteiger partial charge in [-0.05, 0) is 32.9 Å². The molecule has 10 nitrogen and oxygen atoms in total. The molecular formula is C20H22N8O2. The van der Waals surface area contributed by atoms with Crippen molar-refractivity contribution in [3.05, 3.63) is 60.7 Å². The molecule has 0 aromatic carbocycles. The topological polar surface area (TPSA) is 111 Å². The molecule has 3 aromatic heterocycles. The van der Waals surface area contributed by atoms with Crippen molar-refractivity contribution < 1.29 is 9.53 Å². The molecule has 0 spiro atoms. The molecule has 4 rings (SSSR count). The maximum absolute atomic E-state index is 12.2. The number of anilines is 2. The predicted molar refractivity (Wildman–Crippen MR) is 110 cm³/mol. The number of amides is 1. The first-order valence-corrected chi connectivity index (χ1v) is 9.47. The lowest BCUT2D eigenvalue weighted by molar-refractivity contribution is 0.179. The van der Waals surface area contributed by atoms with Crippen molar-refractivity contribution in [1.82, 2.24) is 29.5 Å². The Morgan fingerprint density at radius 3 is 2.80 bits per heavy atom. The number of cyclic esters (lactones) is 1. The first-order chi connectivity index (χ1) is 14.4. The molecule has 0 radical (unpaired) electrons. The summed E-state index contributed by atoms with van der Waals surface area (Å²) in [6.45, 7) is 9.70. The first-order valence-electron chi connectivity index (χ1n) is 9.47. The minimum atomic E-state index is -0.497. The highest BCUT2D eigenvalue weighted by molar-refractivity contribution is 5.89. The number of hydrogen-bond donors (Lipinski definition) is 1. The van der Waals surface area contributed by atoms with E-state index in [1.54, 1.807) is 25.6 Å². The number of imidazole rings is 1. The highest BCUT2D eigenvalue weighted by Crippen LogP contribution is 2.25. The summed E-state index contributed by atoms with van der Waals surface area (Å²) in [5, 5.41) is 3.23. The van der Waals surface area contributed by atoms with Crippen LogP contribution in [0.5, 0.6) is 0 Å². The van der Waals surface area contributed by atoms with E-state index in [2.05, 4.69) is 36.8 Å². The molecule has 3 aromatic rings. The smallest absolute Gasteiger partial charge is 0.417 e. The summed E-state index contributed by atoms with van der Waals surface area (Å²) >= 11 is 0. The van der Waals surface area contributed by atoms with Crippen LogP contribution in [0.4, 0.5) is 16.7 Å². The molecule has 1 fully saturated rings. The van der Waals surface area contributed by atoms with Crippen molar-refractivity contribution in [2.45, 2.75) is 32.9 Å². The Kier molecular flexibility index (Phi) is 5.13. The number of carbonyl (C=O) groups excluding carboxylic acids is 1. The highest BCUT2D eigenvalue weighted by atomic mass is 16.6. The first kappa shape index (κ1) is 19.5. The number of pyridine rings is 1. The van der Waals surface area contributed by atoms with Crippen molar-refractivity contribution in [2.75, 3.05) is 16.8 Å². The maximum Gasteiger partial charge on any atom is 0.417 e. The number of aryl methyl sites for hydroxylation is 1. The summed E-state index contributed by atoms with van der Waals surface area (Å²) in [5.41, 5.74) is 2.57. The van der Waals surface area contributed by atoms with Crippen molar-refractivity contribution in [1.29, 1.82) is 0 Å². The van der Waals surface area contributed by atoms with Crippen LogP contribution >= 0.6 is 0 Å². The standard InChI is InChI=1S/C20H22N8O2/c1-12(2)17-10-30-20(29)28(17)19-25-14(4)24-18(26-19)23-13(3)16-9-27(11-22-16)15-5-7-21-8-6-15/h5-9,11,13,17H,1,10H2,2-4H3,(H,23,24,25,26)/t13-,17+/m0/s1. The summed E-state index contributed by atoms with van der Waals surface area (Å²) in [4.78, 5) is 35.2. The molecule has 2 atom stereocenters. The van der Waals surface area contributed by atoms with Gasteiger partial charge in [-0.15, -0.1) is 0 Å².